The molecule has 0 amide bonds. The quantitative estimate of drug-likeness (QED) is 0.801. The first-order valence-electron chi connectivity index (χ1n) is 7.12. The third-order valence-corrected chi connectivity index (χ3v) is 3.98. The Bertz CT molecular complexity index is 473. The number of hydrogen-bond donors (Lipinski definition) is 1. The summed E-state index contributed by atoms with van der Waals surface area (Å²) >= 11 is 0. The molecule has 1 N–H and O–H groups in total. The molecule has 0 aromatic heterocycles. The molecule has 3 heterocycles. The van der Waals surface area contributed by atoms with Gasteiger partial charge >= 0.3 is 0 Å². The average molecular weight is 299 g/mol. The Hall–Kier alpha value is -0.750. The van der Waals surface area contributed by atoms with Crippen LogP contribution in [0, 0.1) is 11.3 Å². The predicted molar refractivity (Wildman–Crippen MR) is 68.8 cm³/mol. The lowest BCUT2D eigenvalue weighted by molar-refractivity contribution is -0.335. The minimum absolute atomic E-state index is 0.111. The molecular formula is C14H21NO6. The van der Waals surface area contributed by atoms with Crippen molar-refractivity contribution < 1.29 is 28.8 Å². The van der Waals surface area contributed by atoms with Crippen LogP contribution in [0.15, 0.2) is 0 Å². The topological polar surface area (TPSA) is 90.2 Å². The maximum absolute atomic E-state index is 10.4. The lowest BCUT2D eigenvalue weighted by atomic mass is 9.98. The number of hydrogen-bond acceptors (Lipinski definition) is 7. The fraction of sp³-hybridized carbons (Fsp3) is 0.929. The maximum atomic E-state index is 10.4. The molecule has 3 rings (SSSR count). The zero-order chi connectivity index (χ0) is 15.5. The molecule has 7 nitrogen and oxygen atoms in total. The van der Waals surface area contributed by atoms with Crippen molar-refractivity contribution in [3.63, 3.8) is 0 Å². The third-order valence-electron chi connectivity index (χ3n) is 3.98. The van der Waals surface area contributed by atoms with Gasteiger partial charge in [0.05, 0.1) is 19.1 Å². The largest absolute Gasteiger partial charge is 0.386 e. The van der Waals surface area contributed by atoms with Crippen LogP contribution in [-0.4, -0.2) is 53.5 Å². The minimum atomic E-state index is -1.39. The van der Waals surface area contributed by atoms with E-state index in [-0.39, 0.29) is 6.42 Å². The molecule has 0 unspecified atom stereocenters. The van der Waals surface area contributed by atoms with E-state index in [9.17, 15) is 5.11 Å². The van der Waals surface area contributed by atoms with Gasteiger partial charge < -0.3 is 28.8 Å². The molecule has 118 valence electrons. The van der Waals surface area contributed by atoms with Gasteiger partial charge in [-0.25, -0.2) is 0 Å². The van der Waals surface area contributed by atoms with Gasteiger partial charge in [0.15, 0.2) is 11.6 Å². The molecule has 3 aliphatic rings. The van der Waals surface area contributed by atoms with E-state index in [0.717, 1.165) is 0 Å². The van der Waals surface area contributed by atoms with Crippen LogP contribution in [0.25, 0.3) is 0 Å². The summed E-state index contributed by atoms with van der Waals surface area (Å²) in [5.41, 5.74) is 0. The highest BCUT2D eigenvalue weighted by Gasteiger charge is 2.69. The normalized spacial score (nSPS) is 44.7. The molecule has 0 saturated carbocycles. The molecule has 0 bridgehead atoms. The zero-order valence-corrected chi connectivity index (χ0v) is 12.7. The van der Waals surface area contributed by atoms with E-state index in [1.165, 1.54) is 0 Å². The minimum Gasteiger partial charge on any atom is -0.386 e. The first kappa shape index (κ1) is 15.2. The lowest BCUT2D eigenvalue weighted by Gasteiger charge is -2.38. The van der Waals surface area contributed by atoms with Crippen molar-refractivity contribution in [1.82, 2.24) is 0 Å². The number of aliphatic hydroxyl groups excluding tert-OH is 1. The van der Waals surface area contributed by atoms with Crippen LogP contribution in [0.2, 0.25) is 0 Å². The molecule has 0 radical (unpaired) electrons. The average Bonchev–Trinajstić information content (AvgIpc) is 2.78. The zero-order valence-electron chi connectivity index (χ0n) is 12.7. The van der Waals surface area contributed by atoms with Gasteiger partial charge in [0.25, 0.3) is 0 Å². The summed E-state index contributed by atoms with van der Waals surface area (Å²) in [6.45, 7) is 7.44. The van der Waals surface area contributed by atoms with Crippen LogP contribution in [0.1, 0.15) is 34.1 Å². The molecule has 21 heavy (non-hydrogen) atoms. The Labute approximate surface area is 123 Å². The fourth-order valence-electron chi connectivity index (χ4n) is 3.22. The van der Waals surface area contributed by atoms with Crippen molar-refractivity contribution in [1.29, 1.82) is 5.26 Å². The molecule has 3 saturated heterocycles. The monoisotopic (exact) mass is 299 g/mol. The van der Waals surface area contributed by atoms with E-state index >= 15 is 0 Å². The Balaban J connectivity index is 1.92. The van der Waals surface area contributed by atoms with Crippen molar-refractivity contribution >= 4 is 0 Å². The molecule has 3 aliphatic heterocycles. The third kappa shape index (κ3) is 2.36. The first-order valence-corrected chi connectivity index (χ1v) is 7.12. The van der Waals surface area contributed by atoms with Crippen LogP contribution in [0.5, 0.6) is 0 Å². The summed E-state index contributed by atoms with van der Waals surface area (Å²) in [7, 11) is 0. The number of aliphatic hydroxyl groups is 1. The summed E-state index contributed by atoms with van der Waals surface area (Å²) < 4.78 is 29.2. The predicted octanol–water partition coefficient (Wildman–Crippen LogP) is 0.659. The molecule has 0 aliphatic carbocycles. The molecular weight excluding hydrogens is 278 g/mol. The van der Waals surface area contributed by atoms with E-state index in [1.54, 1.807) is 13.8 Å². The van der Waals surface area contributed by atoms with Gasteiger partial charge in [-0.3, -0.25) is 0 Å². The highest BCUT2D eigenvalue weighted by Crippen LogP contribution is 2.50. The van der Waals surface area contributed by atoms with Crippen molar-refractivity contribution in [2.24, 2.45) is 0 Å². The van der Waals surface area contributed by atoms with Crippen LogP contribution in [0.3, 0.4) is 0 Å². The molecule has 0 aromatic carbocycles. The first-order chi connectivity index (χ1) is 9.69. The van der Waals surface area contributed by atoms with E-state index in [4.69, 9.17) is 28.9 Å². The number of nitriles is 1. The fourth-order valence-corrected chi connectivity index (χ4v) is 3.22. The second-order valence-corrected chi connectivity index (χ2v) is 6.59. The van der Waals surface area contributed by atoms with Crippen LogP contribution in [-0.2, 0) is 23.7 Å². The Morgan fingerprint density at radius 2 is 1.90 bits per heavy atom. The second-order valence-electron chi connectivity index (χ2n) is 6.59. The van der Waals surface area contributed by atoms with Gasteiger partial charge in [0, 0.05) is 0 Å². The summed E-state index contributed by atoms with van der Waals surface area (Å²) in [5.74, 6) is -3.06. The van der Waals surface area contributed by atoms with Gasteiger partial charge in [-0.05, 0) is 27.7 Å². The van der Waals surface area contributed by atoms with Gasteiger partial charge in [-0.15, -0.1) is 0 Å². The van der Waals surface area contributed by atoms with Crippen molar-refractivity contribution in [2.75, 3.05) is 6.61 Å². The highest BCUT2D eigenvalue weighted by molar-refractivity contribution is 5.09. The number of ether oxygens (including phenoxy) is 5. The van der Waals surface area contributed by atoms with E-state index < -0.39 is 41.8 Å². The van der Waals surface area contributed by atoms with E-state index in [1.807, 2.05) is 19.9 Å². The van der Waals surface area contributed by atoms with E-state index in [2.05, 4.69) is 0 Å². The van der Waals surface area contributed by atoms with Crippen molar-refractivity contribution in [2.45, 2.75) is 75.9 Å². The van der Waals surface area contributed by atoms with Crippen molar-refractivity contribution in [3.8, 4) is 6.07 Å². The molecule has 0 spiro atoms. The maximum Gasteiger partial charge on any atom is 0.228 e. The summed E-state index contributed by atoms with van der Waals surface area (Å²) in [6, 6.07) is 1.94. The van der Waals surface area contributed by atoms with Gasteiger partial charge in [-0.1, -0.05) is 0 Å². The number of rotatable bonds is 2. The second kappa shape index (κ2) is 4.62. The van der Waals surface area contributed by atoms with Gasteiger partial charge in [0.1, 0.15) is 24.4 Å². The molecule has 5 atom stereocenters. The van der Waals surface area contributed by atoms with Gasteiger partial charge in [-0.2, -0.15) is 5.26 Å². The Kier molecular flexibility index (Phi) is 3.34. The lowest BCUT2D eigenvalue weighted by Crippen LogP contribution is -2.53. The molecule has 7 heteroatoms. The Morgan fingerprint density at radius 1 is 1.19 bits per heavy atom. The van der Waals surface area contributed by atoms with E-state index in [0.29, 0.717) is 6.61 Å². The molecule has 3 fully saturated rings. The summed E-state index contributed by atoms with van der Waals surface area (Å²) in [5, 5.41) is 19.2. The smallest absolute Gasteiger partial charge is 0.228 e. The Morgan fingerprint density at radius 3 is 2.57 bits per heavy atom. The summed E-state index contributed by atoms with van der Waals surface area (Å²) in [4.78, 5) is 0. The standard InChI is InChI=1S/C14H21NO6/c1-12(2)17-7-8-10(19-12)11-14(18-8,9(16)5-6-15)21-13(3,4)20-11/h8-11,16H,5,7H2,1-4H3/t8-,9-,10+,11-,14-/m0/s1. The number of nitrogens with zero attached hydrogens (tertiary/aromatic N) is 1. The highest BCUT2D eigenvalue weighted by atomic mass is 16.9. The number of fused-ring (bicyclic) bond motifs is 3. The van der Waals surface area contributed by atoms with Crippen LogP contribution in [0.4, 0.5) is 0 Å². The van der Waals surface area contributed by atoms with Gasteiger partial charge in [0.2, 0.25) is 5.79 Å². The van der Waals surface area contributed by atoms with Crippen LogP contribution < -0.4 is 0 Å². The summed E-state index contributed by atoms with van der Waals surface area (Å²) in [6.07, 6.45) is -2.65. The SMILES string of the molecule is CC1(C)OC[C@@H]2O[C@@]3([C@@H](O)CC#N)OC(C)(C)O[C@H]3[C@@H]2O1. The molecule has 0 aromatic rings. The van der Waals surface area contributed by atoms with Crippen molar-refractivity contribution in [3.05, 3.63) is 0 Å². The van der Waals surface area contributed by atoms with Crippen LogP contribution >= 0.6 is 0 Å².